The zero-order valence-corrected chi connectivity index (χ0v) is 20.0. The van der Waals surface area contributed by atoms with Crippen molar-refractivity contribution in [1.82, 2.24) is 9.80 Å². The number of amides is 1. The summed E-state index contributed by atoms with van der Waals surface area (Å²) in [6, 6.07) is 26.4. The van der Waals surface area contributed by atoms with E-state index in [1.54, 1.807) is 6.08 Å². The van der Waals surface area contributed by atoms with E-state index in [0.717, 1.165) is 70.4 Å². The number of rotatable bonds is 5. The van der Waals surface area contributed by atoms with Gasteiger partial charge in [-0.05, 0) is 71.6 Å². The van der Waals surface area contributed by atoms with Gasteiger partial charge >= 0.3 is 0 Å². The quantitative estimate of drug-likeness (QED) is 0.513. The molecule has 8 rings (SSSR count). The maximum absolute atomic E-state index is 12.6. The Bertz CT molecular complexity index is 1130. The summed E-state index contributed by atoms with van der Waals surface area (Å²) in [5.41, 5.74) is 8.38. The molecule has 4 bridgehead atoms. The molecule has 3 aromatic carbocycles. The smallest absolute Gasteiger partial charge is 0.246 e. The summed E-state index contributed by atoms with van der Waals surface area (Å²) < 4.78 is 0. The molecule has 3 nitrogen and oxygen atoms in total. The minimum atomic E-state index is 0.118. The van der Waals surface area contributed by atoms with E-state index in [1.807, 2.05) is 41.3 Å². The van der Waals surface area contributed by atoms with E-state index in [9.17, 15) is 4.79 Å². The first-order valence-corrected chi connectivity index (χ1v) is 12.7. The molecule has 1 heterocycles. The Morgan fingerprint density at radius 1 is 0.735 bits per heavy atom. The standard InChI is InChI=1S/C31H34N2O/c34-31(17-14-25-4-2-1-3-5-25)33-22-20-32(21-23-33)19-18-30-24-28-11-10-26-6-8-27(9-7-26)12-15-29(30)16-13-28/h1-9,13-14,16-17,24H,10-12,15,18-23H2/b17-14+. The maximum atomic E-state index is 12.6. The molecule has 34 heavy (non-hydrogen) atoms. The predicted octanol–water partition coefficient (Wildman–Crippen LogP) is 4.97. The molecule has 0 N–H and O–H groups in total. The Balaban J connectivity index is 1.15. The largest absolute Gasteiger partial charge is 0.337 e. The molecule has 0 saturated carbocycles. The third-order valence-electron chi connectivity index (χ3n) is 7.28. The van der Waals surface area contributed by atoms with Crippen molar-refractivity contribution in [2.24, 2.45) is 0 Å². The number of aryl methyl sites for hydroxylation is 4. The summed E-state index contributed by atoms with van der Waals surface area (Å²) in [4.78, 5) is 17.1. The van der Waals surface area contributed by atoms with Crippen LogP contribution in [0.5, 0.6) is 0 Å². The number of hydrogen-bond acceptors (Lipinski definition) is 2. The van der Waals surface area contributed by atoms with Crippen molar-refractivity contribution in [3.63, 3.8) is 0 Å². The molecule has 0 radical (unpaired) electrons. The van der Waals surface area contributed by atoms with Crippen LogP contribution < -0.4 is 0 Å². The summed E-state index contributed by atoms with van der Waals surface area (Å²) in [6.07, 6.45) is 9.12. The van der Waals surface area contributed by atoms with Crippen LogP contribution in [0.15, 0.2) is 78.9 Å². The van der Waals surface area contributed by atoms with Gasteiger partial charge in [0.1, 0.15) is 0 Å². The molecule has 0 unspecified atom stereocenters. The lowest BCUT2D eigenvalue weighted by atomic mass is 9.92. The Morgan fingerprint density at radius 2 is 1.38 bits per heavy atom. The molecule has 1 fully saturated rings. The van der Waals surface area contributed by atoms with Crippen LogP contribution in [0.2, 0.25) is 0 Å². The van der Waals surface area contributed by atoms with Gasteiger partial charge in [-0.2, -0.15) is 0 Å². The van der Waals surface area contributed by atoms with Gasteiger partial charge in [0, 0.05) is 38.8 Å². The molecule has 1 aliphatic heterocycles. The van der Waals surface area contributed by atoms with Crippen molar-refractivity contribution >= 4 is 12.0 Å². The molecule has 0 atom stereocenters. The highest BCUT2D eigenvalue weighted by Gasteiger charge is 2.19. The number of nitrogens with zero attached hydrogens (tertiary/aromatic N) is 2. The molecule has 1 saturated heterocycles. The predicted molar refractivity (Wildman–Crippen MR) is 140 cm³/mol. The van der Waals surface area contributed by atoms with Crippen LogP contribution in [0.4, 0.5) is 0 Å². The monoisotopic (exact) mass is 450 g/mol. The highest BCUT2D eigenvalue weighted by molar-refractivity contribution is 5.91. The molecule has 1 amide bonds. The minimum Gasteiger partial charge on any atom is -0.337 e. The highest BCUT2D eigenvalue weighted by Crippen LogP contribution is 2.20. The van der Waals surface area contributed by atoms with E-state index in [2.05, 4.69) is 47.4 Å². The van der Waals surface area contributed by atoms with Crippen LogP contribution in [0, 0.1) is 0 Å². The third-order valence-corrected chi connectivity index (χ3v) is 7.28. The topological polar surface area (TPSA) is 23.6 Å². The van der Waals surface area contributed by atoms with E-state index < -0.39 is 0 Å². The lowest BCUT2D eigenvalue weighted by Crippen LogP contribution is -2.48. The first kappa shape index (κ1) is 22.6. The van der Waals surface area contributed by atoms with E-state index in [-0.39, 0.29) is 5.91 Å². The van der Waals surface area contributed by atoms with Crippen LogP contribution >= 0.6 is 0 Å². The van der Waals surface area contributed by atoms with Crippen molar-refractivity contribution in [3.8, 4) is 0 Å². The van der Waals surface area contributed by atoms with Gasteiger partial charge in [0.15, 0.2) is 0 Å². The van der Waals surface area contributed by atoms with E-state index in [0.29, 0.717) is 0 Å². The number of piperazine rings is 1. The van der Waals surface area contributed by atoms with Gasteiger partial charge in [-0.15, -0.1) is 0 Å². The highest BCUT2D eigenvalue weighted by atomic mass is 16.2. The van der Waals surface area contributed by atoms with Gasteiger partial charge in [-0.3, -0.25) is 9.69 Å². The second-order valence-electron chi connectivity index (χ2n) is 9.58. The Labute approximate surface area is 203 Å². The number of carbonyl (C=O) groups excluding carboxylic acids is 1. The van der Waals surface area contributed by atoms with E-state index >= 15 is 0 Å². The normalized spacial score (nSPS) is 16.5. The van der Waals surface area contributed by atoms with Crippen molar-refractivity contribution < 1.29 is 4.79 Å². The molecular formula is C31H34N2O. The molecule has 174 valence electrons. The number of benzene rings is 3. The second-order valence-corrected chi connectivity index (χ2v) is 9.58. The molecule has 3 aromatic rings. The molecule has 3 heteroatoms. The third kappa shape index (κ3) is 5.84. The molecule has 5 aliphatic rings. The summed E-state index contributed by atoms with van der Waals surface area (Å²) in [7, 11) is 0. The lowest BCUT2D eigenvalue weighted by molar-refractivity contribution is -0.127. The summed E-state index contributed by atoms with van der Waals surface area (Å²) >= 11 is 0. The van der Waals surface area contributed by atoms with Crippen molar-refractivity contribution in [2.75, 3.05) is 32.7 Å². The Morgan fingerprint density at radius 3 is 2.12 bits per heavy atom. The van der Waals surface area contributed by atoms with Gasteiger partial charge in [0.05, 0.1) is 0 Å². The van der Waals surface area contributed by atoms with Crippen LogP contribution in [0.3, 0.4) is 0 Å². The fourth-order valence-corrected chi connectivity index (χ4v) is 5.06. The SMILES string of the molecule is O=C(/C=C/c1ccccc1)N1CCN(CCc2cc3ccc2CCc2ccc(cc2)CC3)CC1. The van der Waals surface area contributed by atoms with Gasteiger partial charge < -0.3 is 4.90 Å². The Hall–Kier alpha value is -3.17. The zero-order chi connectivity index (χ0) is 23.2. The number of carbonyl (C=O) groups is 1. The number of hydrogen-bond donors (Lipinski definition) is 0. The molecule has 0 aromatic heterocycles. The summed E-state index contributed by atoms with van der Waals surface area (Å²) in [6.45, 7) is 4.57. The van der Waals surface area contributed by atoms with Gasteiger partial charge in [-0.1, -0.05) is 72.8 Å². The van der Waals surface area contributed by atoms with Crippen LogP contribution in [0.25, 0.3) is 6.08 Å². The summed E-state index contributed by atoms with van der Waals surface area (Å²) in [5, 5.41) is 0. The van der Waals surface area contributed by atoms with Gasteiger partial charge in [0.2, 0.25) is 5.91 Å². The van der Waals surface area contributed by atoms with Crippen molar-refractivity contribution in [1.29, 1.82) is 0 Å². The average molecular weight is 451 g/mol. The van der Waals surface area contributed by atoms with Gasteiger partial charge in [0.25, 0.3) is 0 Å². The average Bonchev–Trinajstić information content (AvgIpc) is 2.89. The molecule has 0 spiro atoms. The zero-order valence-electron chi connectivity index (χ0n) is 20.0. The first-order chi connectivity index (χ1) is 16.7. The molecule has 4 aliphatic carbocycles. The van der Waals surface area contributed by atoms with E-state index in [4.69, 9.17) is 0 Å². The van der Waals surface area contributed by atoms with E-state index in [1.165, 1.54) is 27.8 Å². The fraction of sp³-hybridized carbons (Fsp3) is 0.323. The first-order valence-electron chi connectivity index (χ1n) is 12.7. The van der Waals surface area contributed by atoms with Crippen molar-refractivity contribution in [3.05, 3.63) is 112 Å². The maximum Gasteiger partial charge on any atom is 0.246 e. The minimum absolute atomic E-state index is 0.118. The van der Waals surface area contributed by atoms with Crippen LogP contribution in [0.1, 0.15) is 33.4 Å². The lowest BCUT2D eigenvalue weighted by Gasteiger charge is -2.34. The van der Waals surface area contributed by atoms with Crippen LogP contribution in [-0.2, 0) is 36.9 Å². The van der Waals surface area contributed by atoms with Crippen LogP contribution in [-0.4, -0.2) is 48.4 Å². The fourth-order valence-electron chi connectivity index (χ4n) is 5.06. The van der Waals surface area contributed by atoms with Crippen molar-refractivity contribution in [2.45, 2.75) is 32.1 Å². The molecular weight excluding hydrogens is 416 g/mol. The Kier molecular flexibility index (Phi) is 7.21. The van der Waals surface area contributed by atoms with Gasteiger partial charge in [-0.25, -0.2) is 0 Å². The second kappa shape index (κ2) is 10.8. The summed E-state index contributed by atoms with van der Waals surface area (Å²) in [5.74, 6) is 0.118.